The molecule has 26 heavy (non-hydrogen) atoms. The van der Waals surface area contributed by atoms with Crippen LogP contribution in [-0.4, -0.2) is 46.7 Å². The highest BCUT2D eigenvalue weighted by Crippen LogP contribution is 2.39. The van der Waals surface area contributed by atoms with Crippen molar-refractivity contribution < 1.29 is 9.90 Å². The molecule has 142 valence electrons. The number of fused-ring (bicyclic) bond motifs is 1. The molecule has 2 aliphatic heterocycles. The van der Waals surface area contributed by atoms with E-state index in [4.69, 9.17) is 0 Å². The van der Waals surface area contributed by atoms with Crippen molar-refractivity contribution in [3.05, 3.63) is 35.9 Å². The zero-order chi connectivity index (χ0) is 18.0. The van der Waals surface area contributed by atoms with Gasteiger partial charge in [0, 0.05) is 31.6 Å². The van der Waals surface area contributed by atoms with Gasteiger partial charge in [0.15, 0.2) is 0 Å². The lowest BCUT2D eigenvalue weighted by Crippen LogP contribution is -2.51. The minimum Gasteiger partial charge on any atom is -0.389 e. The molecule has 0 spiro atoms. The van der Waals surface area contributed by atoms with Crippen LogP contribution in [0.3, 0.4) is 0 Å². The van der Waals surface area contributed by atoms with Crippen LogP contribution >= 0.6 is 0 Å². The minimum absolute atomic E-state index is 0.212. The Morgan fingerprint density at radius 2 is 1.85 bits per heavy atom. The maximum Gasteiger partial charge on any atom is 0.220 e. The van der Waals surface area contributed by atoms with E-state index in [0.29, 0.717) is 18.4 Å². The zero-order valence-corrected chi connectivity index (χ0v) is 15.7. The summed E-state index contributed by atoms with van der Waals surface area (Å²) in [7, 11) is 0. The molecular weight excluding hydrogens is 324 g/mol. The normalized spacial score (nSPS) is 36.0. The van der Waals surface area contributed by atoms with Crippen molar-refractivity contribution in [3.63, 3.8) is 0 Å². The second kappa shape index (κ2) is 7.69. The summed E-state index contributed by atoms with van der Waals surface area (Å²) in [6, 6.07) is 11.4. The summed E-state index contributed by atoms with van der Waals surface area (Å²) in [6.07, 6.45) is 8.87. The summed E-state index contributed by atoms with van der Waals surface area (Å²) in [6.45, 7) is 1.77. The molecule has 1 amide bonds. The van der Waals surface area contributed by atoms with Crippen LogP contribution in [0.2, 0.25) is 0 Å². The average Bonchev–Trinajstić information content (AvgIpc) is 2.98. The maximum atomic E-state index is 11.9. The number of benzene rings is 1. The first-order valence-electron chi connectivity index (χ1n) is 10.4. The Hall–Kier alpha value is -1.39. The highest BCUT2D eigenvalue weighted by molar-refractivity contribution is 5.76. The molecule has 4 rings (SSSR count). The largest absolute Gasteiger partial charge is 0.389 e. The lowest BCUT2D eigenvalue weighted by molar-refractivity contribution is -0.122. The smallest absolute Gasteiger partial charge is 0.220 e. The first kappa shape index (κ1) is 18.0. The van der Waals surface area contributed by atoms with Crippen molar-refractivity contribution >= 4 is 5.91 Å². The third-order valence-electron chi connectivity index (χ3n) is 6.85. The number of aliphatic hydroxyl groups is 1. The molecule has 0 radical (unpaired) electrons. The summed E-state index contributed by atoms with van der Waals surface area (Å²) in [5.74, 6) is 0.798. The fourth-order valence-electron chi connectivity index (χ4n) is 5.33. The predicted octanol–water partition coefficient (Wildman–Crippen LogP) is 3.21. The Morgan fingerprint density at radius 1 is 1.08 bits per heavy atom. The van der Waals surface area contributed by atoms with E-state index in [9.17, 15) is 9.90 Å². The number of hydrogen-bond acceptors (Lipinski definition) is 3. The predicted molar refractivity (Wildman–Crippen MR) is 103 cm³/mol. The zero-order valence-electron chi connectivity index (χ0n) is 15.7. The van der Waals surface area contributed by atoms with Gasteiger partial charge in [-0.05, 0) is 56.4 Å². The molecule has 2 N–H and O–H groups in total. The van der Waals surface area contributed by atoms with E-state index < -0.39 is 5.60 Å². The number of nitrogens with one attached hydrogen (secondary N) is 1. The van der Waals surface area contributed by atoms with E-state index in [1.54, 1.807) is 0 Å². The molecule has 2 atom stereocenters. The highest BCUT2D eigenvalue weighted by Gasteiger charge is 2.41. The maximum absolute atomic E-state index is 11.9. The Morgan fingerprint density at radius 3 is 2.62 bits per heavy atom. The molecule has 4 nitrogen and oxygen atoms in total. The molecule has 0 unspecified atom stereocenters. The Labute approximate surface area is 157 Å². The lowest BCUT2D eigenvalue weighted by atomic mass is 9.76. The Kier molecular flexibility index (Phi) is 5.32. The van der Waals surface area contributed by atoms with Crippen molar-refractivity contribution in [2.45, 2.75) is 81.4 Å². The van der Waals surface area contributed by atoms with Crippen LogP contribution in [-0.2, 0) is 4.79 Å². The van der Waals surface area contributed by atoms with Crippen LogP contribution in [0, 0.1) is 0 Å². The number of hydrogen-bond donors (Lipinski definition) is 2. The van der Waals surface area contributed by atoms with Gasteiger partial charge in [0.05, 0.1) is 5.60 Å². The van der Waals surface area contributed by atoms with Crippen molar-refractivity contribution in [3.8, 4) is 0 Å². The second-order valence-electron chi connectivity index (χ2n) is 8.66. The van der Waals surface area contributed by atoms with Gasteiger partial charge >= 0.3 is 0 Å². The molecular formula is C22H32N2O2. The number of β-amino-alcohol motifs (C(OH)–C–C–N with tert-alkyl or cyclic N) is 1. The van der Waals surface area contributed by atoms with Gasteiger partial charge in [-0.15, -0.1) is 0 Å². The van der Waals surface area contributed by atoms with Crippen LogP contribution in [0.1, 0.15) is 69.3 Å². The summed E-state index contributed by atoms with van der Waals surface area (Å²) >= 11 is 0. The molecule has 0 bridgehead atoms. The first-order chi connectivity index (χ1) is 12.6. The van der Waals surface area contributed by atoms with E-state index in [-0.39, 0.29) is 11.9 Å². The van der Waals surface area contributed by atoms with Crippen LogP contribution < -0.4 is 5.32 Å². The molecule has 0 aromatic heterocycles. The lowest BCUT2D eigenvalue weighted by Gasteiger charge is -2.41. The van der Waals surface area contributed by atoms with Gasteiger partial charge in [0.2, 0.25) is 5.91 Å². The van der Waals surface area contributed by atoms with E-state index >= 15 is 0 Å². The number of amides is 1. The van der Waals surface area contributed by atoms with E-state index in [1.165, 1.54) is 5.56 Å². The van der Waals surface area contributed by atoms with Crippen LogP contribution in [0.4, 0.5) is 0 Å². The fraction of sp³-hybridized carbons (Fsp3) is 0.682. The van der Waals surface area contributed by atoms with Crippen LogP contribution in [0.25, 0.3) is 0 Å². The van der Waals surface area contributed by atoms with E-state index in [2.05, 4.69) is 40.5 Å². The Balaban J connectivity index is 1.36. The number of nitrogens with zero attached hydrogens (tertiary/aromatic N) is 1. The third-order valence-corrected chi connectivity index (χ3v) is 6.85. The van der Waals surface area contributed by atoms with Gasteiger partial charge in [-0.3, -0.25) is 9.69 Å². The molecule has 2 heterocycles. The van der Waals surface area contributed by atoms with Crippen LogP contribution in [0.15, 0.2) is 30.3 Å². The molecule has 1 aromatic carbocycles. The topological polar surface area (TPSA) is 52.6 Å². The van der Waals surface area contributed by atoms with Gasteiger partial charge in [0.1, 0.15) is 0 Å². The minimum atomic E-state index is -0.563. The summed E-state index contributed by atoms with van der Waals surface area (Å²) < 4.78 is 0. The van der Waals surface area contributed by atoms with Gasteiger partial charge < -0.3 is 10.4 Å². The summed E-state index contributed by atoms with van der Waals surface area (Å²) in [4.78, 5) is 14.4. The number of likely N-dealkylation sites (tertiary alicyclic amines) is 1. The van der Waals surface area contributed by atoms with Crippen molar-refractivity contribution in [1.29, 1.82) is 0 Å². The van der Waals surface area contributed by atoms with Gasteiger partial charge in [0.25, 0.3) is 0 Å². The molecule has 2 saturated heterocycles. The molecule has 4 heteroatoms. The highest BCUT2D eigenvalue weighted by atomic mass is 16.3. The number of rotatable bonds is 3. The number of carbonyl (C=O) groups is 1. The van der Waals surface area contributed by atoms with Crippen LogP contribution in [0.5, 0.6) is 0 Å². The molecule has 1 saturated carbocycles. The van der Waals surface area contributed by atoms with E-state index in [1.807, 2.05) is 0 Å². The molecule has 1 aliphatic carbocycles. The SMILES string of the molecule is O=C1CCCC[C@@H]2[C@H](CCN2CC2(O)CCC(c3ccccc3)CC2)N1. The summed E-state index contributed by atoms with van der Waals surface area (Å²) in [5.41, 5.74) is 0.852. The van der Waals surface area contributed by atoms with E-state index in [0.717, 1.165) is 64.5 Å². The molecule has 1 aromatic rings. The summed E-state index contributed by atoms with van der Waals surface area (Å²) in [5, 5.41) is 14.5. The third kappa shape index (κ3) is 3.96. The first-order valence-corrected chi connectivity index (χ1v) is 10.4. The monoisotopic (exact) mass is 356 g/mol. The molecule has 3 aliphatic rings. The fourth-order valence-corrected chi connectivity index (χ4v) is 5.33. The van der Waals surface area contributed by atoms with Gasteiger partial charge in [-0.2, -0.15) is 0 Å². The Bertz CT molecular complexity index is 610. The quantitative estimate of drug-likeness (QED) is 0.874. The van der Waals surface area contributed by atoms with Gasteiger partial charge in [-0.1, -0.05) is 36.8 Å². The second-order valence-corrected chi connectivity index (χ2v) is 8.66. The molecule has 3 fully saturated rings. The number of carbonyl (C=O) groups excluding carboxylic acids is 1. The average molecular weight is 357 g/mol. The van der Waals surface area contributed by atoms with Crippen molar-refractivity contribution in [2.75, 3.05) is 13.1 Å². The van der Waals surface area contributed by atoms with Crippen molar-refractivity contribution in [1.82, 2.24) is 10.2 Å². The van der Waals surface area contributed by atoms with Gasteiger partial charge in [-0.25, -0.2) is 0 Å². The van der Waals surface area contributed by atoms with Crippen molar-refractivity contribution in [2.24, 2.45) is 0 Å². The standard InChI is InChI=1S/C22H32N2O2/c25-21-9-5-4-8-20-19(23-21)12-15-24(20)16-22(26)13-10-18(11-14-22)17-6-2-1-3-7-17/h1-3,6-7,18-20,26H,4-5,8-16H2,(H,23,25)/t18?,19-,20+,22?/m0/s1.